The van der Waals surface area contributed by atoms with Crippen LogP contribution in [0.4, 0.5) is 0 Å². The number of Topliss-reactive ketones (excluding diaryl/α,β-unsaturated/α-hetero) is 1. The number of carbonyl (C=O) groups excluding carboxylic acids is 2. The normalized spacial score (nSPS) is 20.3. The summed E-state index contributed by atoms with van der Waals surface area (Å²) in [6, 6.07) is 17.6. The first-order chi connectivity index (χ1) is 14.8. The molecule has 0 unspecified atom stereocenters. The first kappa shape index (κ1) is 21.8. The summed E-state index contributed by atoms with van der Waals surface area (Å²) in [6.45, 7) is 6.32. The fourth-order valence-electron chi connectivity index (χ4n) is 4.53. The number of rotatable bonds is 4. The Morgan fingerprint density at radius 1 is 1.10 bits per heavy atom. The highest BCUT2D eigenvalue weighted by molar-refractivity contribution is 14.1. The minimum Gasteiger partial charge on any atom is -0.457 e. The lowest BCUT2D eigenvalue weighted by atomic mass is 9.68. The van der Waals surface area contributed by atoms with Crippen LogP contribution < -0.4 is 5.32 Å². The molecule has 2 aliphatic rings. The maximum atomic E-state index is 13.3. The second kappa shape index (κ2) is 8.61. The number of halogens is 1. The van der Waals surface area contributed by atoms with Crippen molar-refractivity contribution >= 4 is 34.3 Å². The number of nitrogens with one attached hydrogen (secondary N) is 1. The predicted octanol–water partition coefficient (Wildman–Crippen LogP) is 5.64. The van der Waals surface area contributed by atoms with Gasteiger partial charge in [-0.1, -0.05) is 62.4 Å². The maximum Gasteiger partial charge on any atom is 0.337 e. The number of benzene rings is 2. The van der Waals surface area contributed by atoms with Crippen molar-refractivity contribution in [3.63, 3.8) is 0 Å². The van der Waals surface area contributed by atoms with E-state index in [2.05, 4.69) is 41.8 Å². The van der Waals surface area contributed by atoms with Gasteiger partial charge in [-0.15, -0.1) is 0 Å². The molecule has 160 valence electrons. The molecular weight excluding hydrogens is 501 g/mol. The zero-order valence-corrected chi connectivity index (χ0v) is 20.2. The quantitative estimate of drug-likeness (QED) is 0.413. The van der Waals surface area contributed by atoms with Crippen LogP contribution in [0.2, 0.25) is 0 Å². The minimum absolute atomic E-state index is 0.101. The highest BCUT2D eigenvalue weighted by atomic mass is 127. The van der Waals surface area contributed by atoms with Crippen molar-refractivity contribution in [3.05, 3.63) is 91.8 Å². The molecule has 0 spiro atoms. The van der Waals surface area contributed by atoms with E-state index in [9.17, 15) is 9.59 Å². The van der Waals surface area contributed by atoms with Crippen LogP contribution in [0, 0.1) is 8.99 Å². The molecular formula is C26H26INO3. The van der Waals surface area contributed by atoms with Gasteiger partial charge in [0.2, 0.25) is 0 Å². The summed E-state index contributed by atoms with van der Waals surface area (Å²) in [5.74, 6) is -0.705. The highest BCUT2D eigenvalue weighted by Crippen LogP contribution is 2.47. The Morgan fingerprint density at radius 3 is 2.48 bits per heavy atom. The number of carbonyl (C=O) groups is 2. The second-order valence-corrected chi connectivity index (χ2v) is 10.2. The van der Waals surface area contributed by atoms with Gasteiger partial charge in [0.1, 0.15) is 6.61 Å². The van der Waals surface area contributed by atoms with E-state index in [1.165, 1.54) is 0 Å². The Balaban J connectivity index is 1.75. The first-order valence-corrected chi connectivity index (χ1v) is 11.5. The Labute approximate surface area is 196 Å². The molecule has 4 nitrogen and oxygen atoms in total. The van der Waals surface area contributed by atoms with Crippen LogP contribution in [0.5, 0.6) is 0 Å². The van der Waals surface area contributed by atoms with Crippen molar-refractivity contribution < 1.29 is 14.3 Å². The molecule has 2 aromatic carbocycles. The van der Waals surface area contributed by atoms with Gasteiger partial charge >= 0.3 is 5.97 Å². The molecule has 4 rings (SSSR count). The Kier molecular flexibility index (Phi) is 6.06. The number of hydrogen-bond donors (Lipinski definition) is 1. The van der Waals surface area contributed by atoms with E-state index in [0.717, 1.165) is 32.5 Å². The van der Waals surface area contributed by atoms with Gasteiger partial charge in [-0.2, -0.15) is 0 Å². The van der Waals surface area contributed by atoms with Gasteiger partial charge in [-0.25, -0.2) is 4.79 Å². The van der Waals surface area contributed by atoms with Gasteiger partial charge in [-0.3, -0.25) is 4.79 Å². The average molecular weight is 527 g/mol. The average Bonchev–Trinajstić information content (AvgIpc) is 2.71. The molecule has 1 N–H and O–H groups in total. The zero-order chi connectivity index (χ0) is 22.2. The smallest absolute Gasteiger partial charge is 0.337 e. The Morgan fingerprint density at radius 2 is 1.77 bits per heavy atom. The highest BCUT2D eigenvalue weighted by Gasteiger charge is 2.43. The van der Waals surface area contributed by atoms with Crippen LogP contribution in [0.3, 0.4) is 0 Å². The summed E-state index contributed by atoms with van der Waals surface area (Å²) in [5.41, 5.74) is 4.71. The van der Waals surface area contributed by atoms with E-state index in [1.807, 2.05) is 61.5 Å². The molecule has 0 radical (unpaired) electrons. The van der Waals surface area contributed by atoms with Crippen LogP contribution >= 0.6 is 22.6 Å². The van der Waals surface area contributed by atoms with Gasteiger partial charge < -0.3 is 10.1 Å². The molecule has 1 atom stereocenters. The monoisotopic (exact) mass is 527 g/mol. The summed E-state index contributed by atoms with van der Waals surface area (Å²) in [4.78, 5) is 26.6. The standard InChI is InChI=1S/C26H26INO3/c1-16-22(25(30)31-15-17-9-5-4-6-10-17)23(18-11-7-8-12-19(18)27)24-20(28-16)13-26(2,3)14-21(24)29/h4-12,23,28H,13-15H2,1-3H3/t23-/m1/s1. The SMILES string of the molecule is CC1=C(C(=O)OCc2ccccc2)[C@@H](c2ccccc2I)C2=C(CC(C)(C)CC2=O)N1. The summed E-state index contributed by atoms with van der Waals surface area (Å²) in [7, 11) is 0. The van der Waals surface area contributed by atoms with Crippen LogP contribution in [0.15, 0.2) is 77.1 Å². The molecule has 0 amide bonds. The summed E-state index contributed by atoms with van der Waals surface area (Å²) >= 11 is 2.28. The van der Waals surface area contributed by atoms with Gasteiger partial charge in [0.05, 0.1) is 5.57 Å². The maximum absolute atomic E-state index is 13.3. The summed E-state index contributed by atoms with van der Waals surface area (Å²) in [5, 5.41) is 3.39. The number of dihydropyridines is 1. The molecule has 31 heavy (non-hydrogen) atoms. The fourth-order valence-corrected chi connectivity index (χ4v) is 5.23. The van der Waals surface area contributed by atoms with E-state index in [-0.39, 0.29) is 23.8 Å². The largest absolute Gasteiger partial charge is 0.457 e. The van der Waals surface area contributed by atoms with E-state index in [4.69, 9.17) is 4.74 Å². The molecule has 0 fully saturated rings. The number of allylic oxidation sites excluding steroid dienone is 3. The van der Waals surface area contributed by atoms with Gasteiger partial charge in [0, 0.05) is 32.9 Å². The van der Waals surface area contributed by atoms with E-state index < -0.39 is 5.92 Å². The lowest BCUT2D eigenvalue weighted by molar-refractivity contribution is -0.140. The van der Waals surface area contributed by atoms with Gasteiger partial charge in [0.25, 0.3) is 0 Å². The van der Waals surface area contributed by atoms with Crippen LogP contribution in [-0.2, 0) is 20.9 Å². The van der Waals surface area contributed by atoms with Gasteiger partial charge in [0.15, 0.2) is 5.78 Å². The third-order valence-electron chi connectivity index (χ3n) is 5.89. The summed E-state index contributed by atoms with van der Waals surface area (Å²) in [6.07, 6.45) is 1.25. The van der Waals surface area contributed by atoms with Crippen LogP contribution in [0.1, 0.15) is 50.7 Å². The Bertz CT molecular complexity index is 1100. The lowest BCUT2D eigenvalue weighted by Gasteiger charge is -2.39. The van der Waals surface area contributed by atoms with Crippen LogP contribution in [0.25, 0.3) is 0 Å². The third-order valence-corrected chi connectivity index (χ3v) is 6.87. The van der Waals surface area contributed by atoms with Crippen molar-refractivity contribution in [1.82, 2.24) is 5.32 Å². The number of hydrogen-bond acceptors (Lipinski definition) is 4. The molecule has 0 bridgehead atoms. The van der Waals surface area contributed by atoms with E-state index in [1.54, 1.807) is 0 Å². The molecule has 2 aromatic rings. The topological polar surface area (TPSA) is 55.4 Å². The van der Waals surface area contributed by atoms with Crippen LogP contribution in [-0.4, -0.2) is 11.8 Å². The Hall–Kier alpha value is -2.41. The lowest BCUT2D eigenvalue weighted by Crippen LogP contribution is -2.38. The summed E-state index contributed by atoms with van der Waals surface area (Å²) < 4.78 is 6.74. The van der Waals surface area contributed by atoms with Gasteiger partial charge in [-0.05, 0) is 58.5 Å². The van der Waals surface area contributed by atoms with E-state index >= 15 is 0 Å². The first-order valence-electron chi connectivity index (χ1n) is 10.5. The molecule has 0 saturated carbocycles. The fraction of sp³-hybridized carbons (Fsp3) is 0.308. The molecule has 1 heterocycles. The minimum atomic E-state index is -0.420. The molecule has 0 aromatic heterocycles. The zero-order valence-electron chi connectivity index (χ0n) is 18.0. The number of ether oxygens (including phenoxy) is 1. The predicted molar refractivity (Wildman–Crippen MR) is 129 cm³/mol. The second-order valence-electron chi connectivity index (χ2n) is 9.01. The molecule has 0 saturated heterocycles. The molecule has 1 aliphatic carbocycles. The van der Waals surface area contributed by atoms with Crippen molar-refractivity contribution in [2.75, 3.05) is 0 Å². The number of esters is 1. The molecule has 5 heteroatoms. The third kappa shape index (κ3) is 4.47. The van der Waals surface area contributed by atoms with Crippen molar-refractivity contribution in [1.29, 1.82) is 0 Å². The molecule has 1 aliphatic heterocycles. The van der Waals surface area contributed by atoms with Crippen molar-refractivity contribution in [2.45, 2.75) is 46.1 Å². The van der Waals surface area contributed by atoms with Crippen molar-refractivity contribution in [2.24, 2.45) is 5.41 Å². The van der Waals surface area contributed by atoms with Crippen molar-refractivity contribution in [3.8, 4) is 0 Å². The van der Waals surface area contributed by atoms with E-state index in [0.29, 0.717) is 17.6 Å². The number of ketones is 1.